The molecule has 172 valence electrons. The molecule has 2 aliphatic heterocycles. The lowest BCUT2D eigenvalue weighted by atomic mass is 10.2. The molecule has 0 atom stereocenters. The van der Waals surface area contributed by atoms with Gasteiger partial charge in [-0.25, -0.2) is 0 Å². The van der Waals surface area contributed by atoms with Gasteiger partial charge in [-0.15, -0.1) is 0 Å². The number of piperazine rings is 2. The Hall–Kier alpha value is -1.74. The molecule has 0 bridgehead atoms. The number of nitrogens with zero attached hydrogens (tertiary/aromatic N) is 4. The second-order valence-corrected chi connectivity index (χ2v) is 10.0. The normalized spacial score (nSPS) is 17.5. The third-order valence-corrected chi connectivity index (χ3v) is 6.82. The Labute approximate surface area is 207 Å². The van der Waals surface area contributed by atoms with Gasteiger partial charge in [0, 0.05) is 72.4 Å². The number of benzene rings is 2. The van der Waals surface area contributed by atoms with Crippen molar-refractivity contribution in [3.63, 3.8) is 0 Å². The fourth-order valence-corrected chi connectivity index (χ4v) is 4.10. The van der Waals surface area contributed by atoms with Crippen molar-refractivity contribution < 1.29 is 9.59 Å². The van der Waals surface area contributed by atoms with Crippen molar-refractivity contribution in [2.75, 3.05) is 66.5 Å². The van der Waals surface area contributed by atoms with Crippen LogP contribution in [0.15, 0.2) is 57.5 Å². The van der Waals surface area contributed by atoms with Gasteiger partial charge in [0.2, 0.25) is 0 Å². The first kappa shape index (κ1) is 24.9. The molecule has 0 aromatic heterocycles. The Morgan fingerprint density at radius 3 is 1.12 bits per heavy atom. The van der Waals surface area contributed by atoms with Crippen molar-refractivity contribution in [2.24, 2.45) is 0 Å². The molecule has 2 saturated heterocycles. The SMILES string of the molecule is CN1CCN(C(=O)c2ccc(Br)cc2)CC1.CN1CCN(C(=O)c2ccc(Br)cc2)CC1. The van der Waals surface area contributed by atoms with Crippen LogP contribution in [0.25, 0.3) is 0 Å². The Kier molecular flexibility index (Phi) is 9.28. The summed E-state index contributed by atoms with van der Waals surface area (Å²) in [5, 5.41) is 0. The topological polar surface area (TPSA) is 47.1 Å². The summed E-state index contributed by atoms with van der Waals surface area (Å²) < 4.78 is 2.00. The van der Waals surface area contributed by atoms with Crippen LogP contribution in [0.4, 0.5) is 0 Å². The maximum atomic E-state index is 12.1. The molecule has 2 aromatic carbocycles. The van der Waals surface area contributed by atoms with Gasteiger partial charge in [-0.05, 0) is 62.6 Å². The first-order chi connectivity index (χ1) is 15.3. The van der Waals surface area contributed by atoms with Gasteiger partial charge in [0.05, 0.1) is 0 Å². The average Bonchev–Trinajstić information content (AvgIpc) is 2.81. The zero-order valence-electron chi connectivity index (χ0n) is 18.6. The molecule has 0 radical (unpaired) electrons. The Morgan fingerprint density at radius 1 is 0.562 bits per heavy atom. The number of amides is 2. The maximum Gasteiger partial charge on any atom is 0.253 e. The standard InChI is InChI=1S/2C12H15BrN2O/c2*1-14-6-8-15(9-7-14)12(16)10-2-4-11(13)5-3-10/h2*2-5H,6-9H2,1H3. The number of hydrogen-bond acceptors (Lipinski definition) is 4. The predicted octanol–water partition coefficient (Wildman–Crippen LogP) is 3.67. The maximum absolute atomic E-state index is 12.1. The lowest BCUT2D eigenvalue weighted by Crippen LogP contribution is -2.47. The van der Waals surface area contributed by atoms with Crippen molar-refractivity contribution in [2.45, 2.75) is 0 Å². The van der Waals surface area contributed by atoms with Gasteiger partial charge in [-0.3, -0.25) is 9.59 Å². The van der Waals surface area contributed by atoms with Crippen LogP contribution in [0.5, 0.6) is 0 Å². The Balaban J connectivity index is 0.000000181. The summed E-state index contributed by atoms with van der Waals surface area (Å²) in [6, 6.07) is 15.1. The van der Waals surface area contributed by atoms with Crippen LogP contribution in [-0.4, -0.2) is 97.9 Å². The van der Waals surface area contributed by atoms with Crippen molar-refractivity contribution in [1.29, 1.82) is 0 Å². The highest BCUT2D eigenvalue weighted by Crippen LogP contribution is 2.14. The van der Waals surface area contributed by atoms with Crippen LogP contribution in [-0.2, 0) is 0 Å². The molecule has 2 heterocycles. The largest absolute Gasteiger partial charge is 0.336 e. The first-order valence-electron chi connectivity index (χ1n) is 10.8. The van der Waals surface area contributed by atoms with E-state index in [4.69, 9.17) is 0 Å². The van der Waals surface area contributed by atoms with Gasteiger partial charge in [-0.1, -0.05) is 31.9 Å². The van der Waals surface area contributed by atoms with E-state index >= 15 is 0 Å². The van der Waals surface area contributed by atoms with Crippen LogP contribution in [0.1, 0.15) is 20.7 Å². The predicted molar refractivity (Wildman–Crippen MR) is 135 cm³/mol. The van der Waals surface area contributed by atoms with Crippen molar-refractivity contribution in [3.05, 3.63) is 68.6 Å². The number of carbonyl (C=O) groups excluding carboxylic acids is 2. The van der Waals surface area contributed by atoms with Crippen LogP contribution >= 0.6 is 31.9 Å². The summed E-state index contributed by atoms with van der Waals surface area (Å²) in [6.07, 6.45) is 0. The van der Waals surface area contributed by atoms with E-state index in [1.54, 1.807) is 0 Å². The quantitative estimate of drug-likeness (QED) is 0.557. The fourth-order valence-electron chi connectivity index (χ4n) is 3.57. The van der Waals surface area contributed by atoms with Gasteiger partial charge in [0.15, 0.2) is 0 Å². The molecule has 0 unspecified atom stereocenters. The van der Waals surface area contributed by atoms with E-state index in [1.165, 1.54) is 0 Å². The monoisotopic (exact) mass is 564 g/mol. The summed E-state index contributed by atoms with van der Waals surface area (Å²) >= 11 is 6.73. The number of hydrogen-bond donors (Lipinski definition) is 0. The molecule has 6 nitrogen and oxygen atoms in total. The van der Waals surface area contributed by atoms with E-state index in [2.05, 4.69) is 55.8 Å². The van der Waals surface area contributed by atoms with E-state index in [9.17, 15) is 9.59 Å². The molecular formula is C24H30Br2N4O2. The lowest BCUT2D eigenvalue weighted by molar-refractivity contribution is 0.0657. The second kappa shape index (κ2) is 11.9. The van der Waals surface area contributed by atoms with Crippen molar-refractivity contribution >= 4 is 43.7 Å². The molecule has 32 heavy (non-hydrogen) atoms. The third-order valence-electron chi connectivity index (χ3n) is 5.76. The van der Waals surface area contributed by atoms with Crippen LogP contribution in [0.2, 0.25) is 0 Å². The molecule has 0 saturated carbocycles. The molecule has 4 rings (SSSR count). The second-order valence-electron chi connectivity index (χ2n) is 8.20. The fraction of sp³-hybridized carbons (Fsp3) is 0.417. The molecule has 2 aliphatic rings. The summed E-state index contributed by atoms with van der Waals surface area (Å²) in [5.41, 5.74) is 1.54. The average molecular weight is 566 g/mol. The molecular weight excluding hydrogens is 536 g/mol. The zero-order valence-corrected chi connectivity index (χ0v) is 21.8. The Bertz CT molecular complexity index is 814. The van der Waals surface area contributed by atoms with E-state index in [1.807, 2.05) is 58.3 Å². The molecule has 2 aromatic rings. The highest BCUT2D eigenvalue weighted by molar-refractivity contribution is 9.10. The van der Waals surface area contributed by atoms with E-state index < -0.39 is 0 Å². The van der Waals surface area contributed by atoms with Gasteiger partial charge < -0.3 is 19.6 Å². The number of halogens is 2. The molecule has 0 aliphatic carbocycles. The van der Waals surface area contributed by atoms with Crippen LogP contribution in [0, 0.1) is 0 Å². The highest BCUT2D eigenvalue weighted by Gasteiger charge is 2.21. The Morgan fingerprint density at radius 2 is 0.844 bits per heavy atom. The summed E-state index contributed by atoms with van der Waals surface area (Å²) in [5.74, 6) is 0.279. The third kappa shape index (κ3) is 7.13. The lowest BCUT2D eigenvalue weighted by Gasteiger charge is -2.32. The van der Waals surface area contributed by atoms with Crippen molar-refractivity contribution in [1.82, 2.24) is 19.6 Å². The molecule has 2 fully saturated rings. The summed E-state index contributed by atoms with van der Waals surface area (Å²) in [6.45, 7) is 7.14. The number of carbonyl (C=O) groups is 2. The molecule has 2 amide bonds. The number of rotatable bonds is 2. The van der Waals surface area contributed by atoms with Gasteiger partial charge in [0.25, 0.3) is 11.8 Å². The molecule has 0 spiro atoms. The summed E-state index contributed by atoms with van der Waals surface area (Å²) in [4.78, 5) is 32.5. The van der Waals surface area contributed by atoms with E-state index in [0.717, 1.165) is 72.4 Å². The zero-order chi connectivity index (χ0) is 23.1. The summed E-state index contributed by atoms with van der Waals surface area (Å²) in [7, 11) is 4.17. The van der Waals surface area contributed by atoms with Crippen LogP contribution in [0.3, 0.4) is 0 Å². The van der Waals surface area contributed by atoms with Gasteiger partial charge in [0.1, 0.15) is 0 Å². The minimum Gasteiger partial charge on any atom is -0.336 e. The van der Waals surface area contributed by atoms with Gasteiger partial charge in [-0.2, -0.15) is 0 Å². The minimum absolute atomic E-state index is 0.139. The molecule has 8 heteroatoms. The van der Waals surface area contributed by atoms with Crippen LogP contribution < -0.4 is 0 Å². The highest BCUT2D eigenvalue weighted by atomic mass is 79.9. The number of likely N-dealkylation sites (N-methyl/N-ethyl adjacent to an activating group) is 2. The minimum atomic E-state index is 0.139. The smallest absolute Gasteiger partial charge is 0.253 e. The van der Waals surface area contributed by atoms with E-state index in [0.29, 0.717) is 0 Å². The molecule has 0 N–H and O–H groups in total. The first-order valence-corrected chi connectivity index (χ1v) is 12.4. The van der Waals surface area contributed by atoms with E-state index in [-0.39, 0.29) is 11.8 Å². The van der Waals surface area contributed by atoms with Gasteiger partial charge >= 0.3 is 0 Å². The van der Waals surface area contributed by atoms with Crippen molar-refractivity contribution in [3.8, 4) is 0 Å².